The number of nitrogens with zero attached hydrogens (tertiary/aromatic N) is 3. The number of nitrogens with one attached hydrogen (secondary N) is 1. The monoisotopic (exact) mass is 352 g/mol. The summed E-state index contributed by atoms with van der Waals surface area (Å²) in [6.45, 7) is 2.47. The molecule has 1 aromatic carbocycles. The first-order valence-corrected chi connectivity index (χ1v) is 9.33. The van der Waals surface area contributed by atoms with Crippen LogP contribution in [0.1, 0.15) is 12.5 Å². The van der Waals surface area contributed by atoms with E-state index in [1.807, 2.05) is 6.20 Å². The summed E-state index contributed by atoms with van der Waals surface area (Å²) in [5.41, 5.74) is 2.43. The third kappa shape index (κ3) is 4.62. The van der Waals surface area contributed by atoms with Gasteiger partial charge in [0.25, 0.3) is 5.69 Å². The molecule has 0 saturated carbocycles. The highest BCUT2D eigenvalue weighted by atomic mass is 32.2. The predicted octanol–water partition coefficient (Wildman–Crippen LogP) is 1.52. The fourth-order valence-corrected chi connectivity index (χ4v) is 2.99. The van der Waals surface area contributed by atoms with Gasteiger partial charge in [-0.2, -0.15) is 5.10 Å². The van der Waals surface area contributed by atoms with Crippen molar-refractivity contribution >= 4 is 15.5 Å². The van der Waals surface area contributed by atoms with E-state index in [2.05, 4.69) is 10.4 Å². The van der Waals surface area contributed by atoms with Gasteiger partial charge in [0.15, 0.2) is 9.84 Å². The normalized spacial score (nSPS) is 11.6. The molecule has 24 heavy (non-hydrogen) atoms. The lowest BCUT2D eigenvalue weighted by atomic mass is 10.1. The van der Waals surface area contributed by atoms with Gasteiger partial charge in [0.1, 0.15) is 0 Å². The minimum absolute atomic E-state index is 0.0270. The maximum Gasteiger partial charge on any atom is 0.269 e. The molecule has 0 fully saturated rings. The molecule has 0 radical (unpaired) electrons. The van der Waals surface area contributed by atoms with Crippen LogP contribution in [0.15, 0.2) is 30.5 Å². The Morgan fingerprint density at radius 1 is 1.29 bits per heavy atom. The Bertz CT molecular complexity index is 812. The molecule has 0 bridgehead atoms. The minimum Gasteiger partial charge on any atom is -0.312 e. The molecule has 1 aromatic heterocycles. The molecule has 0 unspecified atom stereocenters. The molecule has 8 nitrogen and oxygen atoms in total. The van der Waals surface area contributed by atoms with Crippen LogP contribution in [0.3, 0.4) is 0 Å². The van der Waals surface area contributed by atoms with Gasteiger partial charge in [-0.15, -0.1) is 0 Å². The van der Waals surface area contributed by atoms with E-state index in [4.69, 9.17) is 0 Å². The van der Waals surface area contributed by atoms with Crippen LogP contribution in [0, 0.1) is 10.1 Å². The van der Waals surface area contributed by atoms with Crippen molar-refractivity contribution in [3.05, 3.63) is 46.1 Å². The lowest BCUT2D eigenvalue weighted by Crippen LogP contribution is -2.23. The number of hydrogen-bond acceptors (Lipinski definition) is 6. The van der Waals surface area contributed by atoms with Gasteiger partial charge in [-0.1, -0.05) is 6.92 Å². The summed E-state index contributed by atoms with van der Waals surface area (Å²) in [7, 11) is -1.20. The number of rotatable bonds is 8. The number of aromatic nitrogens is 2. The van der Waals surface area contributed by atoms with Crippen LogP contribution in [-0.2, 0) is 23.4 Å². The van der Waals surface area contributed by atoms with Crippen molar-refractivity contribution in [3.63, 3.8) is 0 Å². The topological polar surface area (TPSA) is 107 Å². The Labute approximate surface area is 140 Å². The lowest BCUT2D eigenvalue weighted by Gasteiger charge is -2.05. The molecule has 0 amide bonds. The largest absolute Gasteiger partial charge is 0.312 e. The van der Waals surface area contributed by atoms with E-state index >= 15 is 0 Å². The average Bonchev–Trinajstić information content (AvgIpc) is 2.92. The summed E-state index contributed by atoms with van der Waals surface area (Å²) in [6.07, 6.45) is 1.85. The molecule has 2 aromatic rings. The first-order chi connectivity index (χ1) is 11.3. The standard InChI is InChI=1S/C15H20N4O4S/c1-3-24(22,23)9-8-16-10-13-11-18(2)17-15(13)12-4-6-14(7-5-12)19(20)21/h4-7,11,16H,3,8-10H2,1-2H3. The van der Waals surface area contributed by atoms with Crippen molar-refractivity contribution in [2.24, 2.45) is 7.05 Å². The molecular weight excluding hydrogens is 332 g/mol. The molecule has 2 rings (SSSR count). The van der Waals surface area contributed by atoms with Crippen molar-refractivity contribution < 1.29 is 13.3 Å². The SMILES string of the molecule is CCS(=O)(=O)CCNCc1cn(C)nc1-c1ccc([N+](=O)[O-])cc1. The fraction of sp³-hybridized carbons (Fsp3) is 0.400. The zero-order valence-electron chi connectivity index (χ0n) is 13.6. The second-order valence-electron chi connectivity index (χ2n) is 5.39. The van der Waals surface area contributed by atoms with Crippen LogP contribution >= 0.6 is 0 Å². The van der Waals surface area contributed by atoms with Crippen LogP contribution in [0.2, 0.25) is 0 Å². The summed E-state index contributed by atoms with van der Waals surface area (Å²) in [5, 5.41) is 18.2. The zero-order chi connectivity index (χ0) is 17.7. The first-order valence-electron chi connectivity index (χ1n) is 7.51. The Hall–Kier alpha value is -2.26. The maximum atomic E-state index is 11.5. The molecule has 0 spiro atoms. The number of hydrogen-bond donors (Lipinski definition) is 1. The van der Waals surface area contributed by atoms with Crippen molar-refractivity contribution in [2.45, 2.75) is 13.5 Å². The van der Waals surface area contributed by atoms with Crippen molar-refractivity contribution in [1.29, 1.82) is 0 Å². The summed E-state index contributed by atoms with van der Waals surface area (Å²) in [5.74, 6) is 0.228. The van der Waals surface area contributed by atoms with Gasteiger partial charge >= 0.3 is 0 Å². The third-order valence-electron chi connectivity index (χ3n) is 3.60. The minimum atomic E-state index is -2.99. The van der Waals surface area contributed by atoms with Gasteiger partial charge in [0.05, 0.1) is 16.4 Å². The number of sulfone groups is 1. The van der Waals surface area contributed by atoms with Crippen LogP contribution in [0.25, 0.3) is 11.3 Å². The Morgan fingerprint density at radius 2 is 1.96 bits per heavy atom. The van der Waals surface area contributed by atoms with Crippen LogP contribution in [-0.4, -0.2) is 41.2 Å². The van der Waals surface area contributed by atoms with Crippen LogP contribution < -0.4 is 5.32 Å². The van der Waals surface area contributed by atoms with E-state index in [1.165, 1.54) is 12.1 Å². The van der Waals surface area contributed by atoms with E-state index in [0.29, 0.717) is 13.1 Å². The highest BCUT2D eigenvalue weighted by Gasteiger charge is 2.13. The number of nitro groups is 1. The summed E-state index contributed by atoms with van der Waals surface area (Å²) < 4.78 is 24.6. The lowest BCUT2D eigenvalue weighted by molar-refractivity contribution is -0.384. The fourth-order valence-electron chi connectivity index (χ4n) is 2.25. The molecule has 0 atom stereocenters. The van der Waals surface area contributed by atoms with Crippen LogP contribution in [0.4, 0.5) is 5.69 Å². The van der Waals surface area contributed by atoms with E-state index < -0.39 is 14.8 Å². The highest BCUT2D eigenvalue weighted by molar-refractivity contribution is 7.91. The molecular formula is C15H20N4O4S. The maximum absolute atomic E-state index is 11.5. The van der Waals surface area contributed by atoms with Crippen molar-refractivity contribution in [1.82, 2.24) is 15.1 Å². The van der Waals surface area contributed by atoms with Gasteiger partial charge in [-0.05, 0) is 12.1 Å². The molecule has 0 aliphatic rings. The summed E-state index contributed by atoms with van der Waals surface area (Å²) >= 11 is 0. The molecule has 1 N–H and O–H groups in total. The van der Waals surface area contributed by atoms with E-state index in [1.54, 1.807) is 30.8 Å². The van der Waals surface area contributed by atoms with E-state index in [-0.39, 0.29) is 17.2 Å². The molecule has 1 heterocycles. The predicted molar refractivity (Wildman–Crippen MR) is 91.3 cm³/mol. The summed E-state index contributed by atoms with van der Waals surface area (Å²) in [4.78, 5) is 10.3. The molecule has 9 heteroatoms. The Morgan fingerprint density at radius 3 is 2.54 bits per heavy atom. The zero-order valence-corrected chi connectivity index (χ0v) is 14.4. The number of benzene rings is 1. The van der Waals surface area contributed by atoms with Gasteiger partial charge in [-0.3, -0.25) is 14.8 Å². The molecule has 0 aliphatic heterocycles. The van der Waals surface area contributed by atoms with Gasteiger partial charge in [0, 0.05) is 55.3 Å². The average molecular weight is 352 g/mol. The van der Waals surface area contributed by atoms with Crippen molar-refractivity contribution in [2.75, 3.05) is 18.1 Å². The van der Waals surface area contributed by atoms with E-state index in [0.717, 1.165) is 16.8 Å². The number of non-ortho nitro benzene ring substituents is 1. The van der Waals surface area contributed by atoms with Crippen molar-refractivity contribution in [3.8, 4) is 11.3 Å². The molecule has 0 aliphatic carbocycles. The second kappa shape index (κ2) is 7.54. The van der Waals surface area contributed by atoms with E-state index in [9.17, 15) is 18.5 Å². The quantitative estimate of drug-likeness (QED) is 0.438. The Balaban J connectivity index is 2.08. The smallest absolute Gasteiger partial charge is 0.269 e. The van der Waals surface area contributed by atoms with Gasteiger partial charge < -0.3 is 5.32 Å². The second-order valence-corrected chi connectivity index (χ2v) is 7.87. The van der Waals surface area contributed by atoms with Crippen LogP contribution in [0.5, 0.6) is 0 Å². The van der Waals surface area contributed by atoms with Gasteiger partial charge in [-0.25, -0.2) is 8.42 Å². The third-order valence-corrected chi connectivity index (χ3v) is 5.31. The highest BCUT2D eigenvalue weighted by Crippen LogP contribution is 2.24. The first kappa shape index (κ1) is 18.1. The summed E-state index contributed by atoms with van der Waals surface area (Å²) in [6, 6.07) is 6.20. The molecule has 0 saturated heterocycles. The number of aryl methyl sites for hydroxylation is 1. The number of nitro benzene ring substituents is 1. The van der Waals surface area contributed by atoms with Gasteiger partial charge in [0.2, 0.25) is 0 Å². The Kier molecular flexibility index (Phi) is 5.68. The molecule has 130 valence electrons.